The van der Waals surface area contributed by atoms with Gasteiger partial charge < -0.3 is 10.8 Å². The fourth-order valence-corrected chi connectivity index (χ4v) is 1.32. The number of rotatable bonds is 5. The summed E-state index contributed by atoms with van der Waals surface area (Å²) in [6.45, 7) is 6.24. The first kappa shape index (κ1) is 11.4. The smallest absolute Gasteiger partial charge is 0.304 e. The lowest BCUT2D eigenvalue weighted by atomic mass is 9.91. The summed E-state index contributed by atoms with van der Waals surface area (Å²) < 4.78 is 0. The fourth-order valence-electron chi connectivity index (χ4n) is 1.32. The highest BCUT2D eigenvalue weighted by Crippen LogP contribution is 2.15. The van der Waals surface area contributed by atoms with Crippen molar-refractivity contribution in [1.82, 2.24) is 0 Å². The van der Waals surface area contributed by atoms with Crippen molar-refractivity contribution in [2.75, 3.05) is 0 Å². The third-order valence-electron chi connectivity index (χ3n) is 1.98. The summed E-state index contributed by atoms with van der Waals surface area (Å²) in [5.74, 6) is 0.0686. The zero-order valence-corrected chi connectivity index (χ0v) is 8.08. The fraction of sp³-hybridized carbons (Fsp3) is 0.889. The first-order valence-corrected chi connectivity index (χ1v) is 4.40. The van der Waals surface area contributed by atoms with Crippen molar-refractivity contribution in [3.63, 3.8) is 0 Å². The monoisotopic (exact) mass is 173 g/mol. The van der Waals surface area contributed by atoms with Crippen LogP contribution in [-0.4, -0.2) is 17.1 Å². The Morgan fingerprint density at radius 3 is 2.25 bits per heavy atom. The minimum atomic E-state index is -0.807. The molecule has 0 bridgehead atoms. The molecule has 0 aliphatic heterocycles. The largest absolute Gasteiger partial charge is 0.481 e. The van der Waals surface area contributed by atoms with E-state index in [2.05, 4.69) is 13.8 Å². The minimum Gasteiger partial charge on any atom is -0.481 e. The van der Waals surface area contributed by atoms with Crippen molar-refractivity contribution in [2.45, 2.75) is 39.7 Å². The van der Waals surface area contributed by atoms with Crippen LogP contribution in [0, 0.1) is 11.8 Å². The molecular formula is C9H19NO2. The topological polar surface area (TPSA) is 63.3 Å². The van der Waals surface area contributed by atoms with Gasteiger partial charge in [-0.05, 0) is 18.3 Å². The molecule has 0 heterocycles. The van der Waals surface area contributed by atoms with Gasteiger partial charge in [-0.1, -0.05) is 20.8 Å². The highest BCUT2D eigenvalue weighted by Gasteiger charge is 2.16. The number of aliphatic carboxylic acids is 1. The van der Waals surface area contributed by atoms with Gasteiger partial charge in [0, 0.05) is 6.04 Å². The van der Waals surface area contributed by atoms with Crippen LogP contribution in [0.15, 0.2) is 0 Å². The van der Waals surface area contributed by atoms with Gasteiger partial charge in [-0.3, -0.25) is 4.79 Å². The van der Waals surface area contributed by atoms with Gasteiger partial charge in [0.2, 0.25) is 0 Å². The number of nitrogens with two attached hydrogens (primary N) is 1. The molecule has 0 rings (SSSR count). The van der Waals surface area contributed by atoms with E-state index in [9.17, 15) is 4.79 Å². The molecule has 3 N–H and O–H groups in total. The zero-order valence-electron chi connectivity index (χ0n) is 8.08. The summed E-state index contributed by atoms with van der Waals surface area (Å²) >= 11 is 0. The summed E-state index contributed by atoms with van der Waals surface area (Å²) in [6.07, 6.45) is 1.07. The van der Waals surface area contributed by atoms with Gasteiger partial charge in [0.15, 0.2) is 0 Å². The Kier molecular flexibility index (Phi) is 4.90. The average molecular weight is 173 g/mol. The van der Waals surface area contributed by atoms with Crippen LogP contribution >= 0.6 is 0 Å². The SMILES string of the molecule is CC(C)C[C@@H](C)[C@H](N)CC(=O)O. The van der Waals surface area contributed by atoms with Gasteiger partial charge in [0.05, 0.1) is 6.42 Å². The first-order chi connectivity index (χ1) is 5.43. The summed E-state index contributed by atoms with van der Waals surface area (Å²) in [4.78, 5) is 10.3. The van der Waals surface area contributed by atoms with Crippen LogP contribution in [0.2, 0.25) is 0 Å². The molecule has 0 aromatic carbocycles. The third-order valence-corrected chi connectivity index (χ3v) is 1.98. The third kappa shape index (κ3) is 5.13. The molecule has 0 saturated carbocycles. The number of carboxylic acid groups (broad SMARTS) is 1. The van der Waals surface area contributed by atoms with E-state index in [-0.39, 0.29) is 12.5 Å². The van der Waals surface area contributed by atoms with Crippen molar-refractivity contribution < 1.29 is 9.90 Å². The first-order valence-electron chi connectivity index (χ1n) is 4.40. The highest BCUT2D eigenvalue weighted by molar-refractivity contribution is 5.67. The second-order valence-electron chi connectivity index (χ2n) is 3.87. The molecule has 0 aliphatic rings. The van der Waals surface area contributed by atoms with E-state index in [4.69, 9.17) is 10.8 Å². The van der Waals surface area contributed by atoms with E-state index in [1.54, 1.807) is 0 Å². The van der Waals surface area contributed by atoms with Crippen LogP contribution in [0.25, 0.3) is 0 Å². The molecule has 12 heavy (non-hydrogen) atoms. The Morgan fingerprint density at radius 2 is 1.92 bits per heavy atom. The molecule has 0 radical (unpaired) electrons. The molecule has 0 unspecified atom stereocenters. The summed E-state index contributed by atoms with van der Waals surface area (Å²) in [6, 6.07) is -0.204. The number of carboxylic acids is 1. The molecule has 0 aromatic heterocycles. The summed E-state index contributed by atoms with van der Waals surface area (Å²) in [5.41, 5.74) is 5.69. The van der Waals surface area contributed by atoms with Crippen LogP contribution in [0.5, 0.6) is 0 Å². The Bertz CT molecular complexity index is 145. The summed E-state index contributed by atoms with van der Waals surface area (Å²) in [7, 11) is 0. The standard InChI is InChI=1S/C9H19NO2/c1-6(2)4-7(3)8(10)5-9(11)12/h6-8H,4-5,10H2,1-3H3,(H,11,12)/t7-,8-/m1/s1. The van der Waals surface area contributed by atoms with Gasteiger partial charge >= 0.3 is 5.97 Å². The van der Waals surface area contributed by atoms with Crippen molar-refractivity contribution in [3.8, 4) is 0 Å². The van der Waals surface area contributed by atoms with E-state index in [0.29, 0.717) is 11.8 Å². The highest BCUT2D eigenvalue weighted by atomic mass is 16.4. The van der Waals surface area contributed by atoms with Crippen LogP contribution in [0.1, 0.15) is 33.6 Å². The Labute approximate surface area is 74.0 Å². The predicted octanol–water partition coefficient (Wildman–Crippen LogP) is 1.47. The van der Waals surface area contributed by atoms with Crippen molar-refractivity contribution in [1.29, 1.82) is 0 Å². The van der Waals surface area contributed by atoms with Crippen LogP contribution in [-0.2, 0) is 4.79 Å². The molecule has 0 aliphatic carbocycles. The molecule has 3 nitrogen and oxygen atoms in total. The van der Waals surface area contributed by atoms with Gasteiger partial charge in [-0.15, -0.1) is 0 Å². The van der Waals surface area contributed by atoms with Gasteiger partial charge in [0.1, 0.15) is 0 Å². The predicted molar refractivity (Wildman–Crippen MR) is 48.8 cm³/mol. The lowest BCUT2D eigenvalue weighted by Crippen LogP contribution is -2.31. The Morgan fingerprint density at radius 1 is 1.42 bits per heavy atom. The maximum atomic E-state index is 10.3. The Balaban J connectivity index is 3.76. The number of hydrogen-bond acceptors (Lipinski definition) is 2. The minimum absolute atomic E-state index is 0.0773. The van der Waals surface area contributed by atoms with Gasteiger partial charge in [-0.25, -0.2) is 0 Å². The number of hydrogen-bond donors (Lipinski definition) is 2. The molecule has 0 spiro atoms. The lowest BCUT2D eigenvalue weighted by Gasteiger charge is -2.19. The molecule has 0 fully saturated rings. The molecule has 72 valence electrons. The second kappa shape index (κ2) is 5.14. The van der Waals surface area contributed by atoms with Crippen molar-refractivity contribution in [2.24, 2.45) is 17.6 Å². The average Bonchev–Trinajstić information content (AvgIpc) is 1.84. The van der Waals surface area contributed by atoms with E-state index in [1.807, 2.05) is 6.92 Å². The van der Waals surface area contributed by atoms with E-state index in [1.165, 1.54) is 0 Å². The van der Waals surface area contributed by atoms with Crippen molar-refractivity contribution in [3.05, 3.63) is 0 Å². The van der Waals surface area contributed by atoms with E-state index < -0.39 is 5.97 Å². The molecule has 0 amide bonds. The van der Waals surface area contributed by atoms with Gasteiger partial charge in [0.25, 0.3) is 0 Å². The molecule has 3 heteroatoms. The van der Waals surface area contributed by atoms with Crippen LogP contribution in [0.4, 0.5) is 0 Å². The van der Waals surface area contributed by atoms with Crippen LogP contribution in [0.3, 0.4) is 0 Å². The van der Waals surface area contributed by atoms with E-state index in [0.717, 1.165) is 6.42 Å². The quantitative estimate of drug-likeness (QED) is 0.661. The van der Waals surface area contributed by atoms with Crippen LogP contribution < -0.4 is 5.73 Å². The maximum absolute atomic E-state index is 10.3. The normalized spacial score (nSPS) is 16.1. The van der Waals surface area contributed by atoms with E-state index >= 15 is 0 Å². The molecule has 0 saturated heterocycles. The molecule has 2 atom stereocenters. The maximum Gasteiger partial charge on any atom is 0.304 e. The van der Waals surface area contributed by atoms with Gasteiger partial charge in [-0.2, -0.15) is 0 Å². The Hall–Kier alpha value is -0.570. The molecule has 0 aromatic rings. The number of carbonyl (C=O) groups is 1. The second-order valence-corrected chi connectivity index (χ2v) is 3.87. The van der Waals surface area contributed by atoms with Crippen molar-refractivity contribution >= 4 is 5.97 Å². The molecular weight excluding hydrogens is 154 g/mol. The summed E-state index contributed by atoms with van der Waals surface area (Å²) in [5, 5.41) is 8.49. The zero-order chi connectivity index (χ0) is 9.72. The lowest BCUT2D eigenvalue weighted by molar-refractivity contribution is -0.137.